The van der Waals surface area contributed by atoms with E-state index in [4.69, 9.17) is 5.73 Å². The van der Waals surface area contributed by atoms with Crippen LogP contribution < -0.4 is 10.6 Å². The molecule has 0 spiro atoms. The number of primary amides is 1. The first-order chi connectivity index (χ1) is 16.3. The summed E-state index contributed by atoms with van der Waals surface area (Å²) in [7, 11) is 6.75. The summed E-state index contributed by atoms with van der Waals surface area (Å²) >= 11 is 0. The molecule has 0 aliphatic heterocycles. The molecule has 0 heterocycles. The lowest BCUT2D eigenvalue weighted by molar-refractivity contribution is -0.181. The monoisotopic (exact) mass is 485 g/mol. The van der Waals surface area contributed by atoms with Crippen molar-refractivity contribution in [3.05, 3.63) is 22.8 Å². The number of aromatic hydroxyl groups is 1. The van der Waals surface area contributed by atoms with Crippen molar-refractivity contribution in [2.24, 2.45) is 29.4 Å². The van der Waals surface area contributed by atoms with E-state index in [2.05, 4.69) is 0 Å². The van der Waals surface area contributed by atoms with E-state index in [1.165, 1.54) is 4.90 Å². The van der Waals surface area contributed by atoms with E-state index in [0.29, 0.717) is 17.5 Å². The summed E-state index contributed by atoms with van der Waals surface area (Å²) in [6.45, 7) is 1.83. The van der Waals surface area contributed by atoms with E-state index in [1.54, 1.807) is 14.1 Å². The molecule has 188 valence electrons. The molecule has 1 aromatic carbocycles. The fourth-order valence-electron chi connectivity index (χ4n) is 6.37. The van der Waals surface area contributed by atoms with Gasteiger partial charge in [0.05, 0.1) is 17.5 Å². The van der Waals surface area contributed by atoms with Crippen molar-refractivity contribution in [3.63, 3.8) is 0 Å². The predicted molar refractivity (Wildman–Crippen MR) is 125 cm³/mol. The Bertz CT molecular complexity index is 1170. The van der Waals surface area contributed by atoms with Gasteiger partial charge in [-0.15, -0.1) is 0 Å². The Hall–Kier alpha value is -3.11. The van der Waals surface area contributed by atoms with Crippen LogP contribution >= 0.6 is 0 Å². The highest BCUT2D eigenvalue weighted by Gasteiger charge is 2.69. The van der Waals surface area contributed by atoms with Gasteiger partial charge >= 0.3 is 0 Å². The Morgan fingerprint density at radius 3 is 2.29 bits per heavy atom. The molecule has 0 radical (unpaired) electrons. The maximum atomic E-state index is 13.8. The number of anilines is 1. The lowest BCUT2D eigenvalue weighted by atomic mass is 9.52. The highest BCUT2D eigenvalue weighted by atomic mass is 16.3. The molecule has 0 aromatic heterocycles. The molecule has 2 fully saturated rings. The number of hydrogen-bond acceptors (Lipinski definition) is 9. The van der Waals surface area contributed by atoms with Gasteiger partial charge in [0.15, 0.2) is 34.7 Å². The molecule has 3 aliphatic carbocycles. The van der Waals surface area contributed by atoms with Crippen LogP contribution in [-0.4, -0.2) is 84.0 Å². The van der Waals surface area contributed by atoms with E-state index in [0.717, 1.165) is 5.69 Å². The number of nitrogens with two attached hydrogens (primary N) is 1. The SMILES string of the molecule is CCc1cc(N(C)C)c2c(c1O)C(=O)C1C(=O)[C@]3(O)C(=O)C(C(N)=O)C(=O)C(N(C)C)[C@@H]3C[C@@H]1C2. The first kappa shape index (κ1) is 25.0. The minimum Gasteiger partial charge on any atom is -0.507 e. The maximum absolute atomic E-state index is 13.8. The molecular formula is C25H31N3O7. The molecule has 2 saturated carbocycles. The molecule has 6 atom stereocenters. The molecule has 0 saturated heterocycles. The number of Topliss-reactive ketones (excluding diaryl/α,β-unsaturated/α-hetero) is 4. The number of rotatable bonds is 4. The number of carbonyl (C=O) groups is 5. The third-order valence-electron chi connectivity index (χ3n) is 7.98. The molecule has 4 N–H and O–H groups in total. The summed E-state index contributed by atoms with van der Waals surface area (Å²) in [5.41, 5.74) is 4.53. The number of carbonyl (C=O) groups excluding carboxylic acids is 5. The summed E-state index contributed by atoms with van der Waals surface area (Å²) in [6.07, 6.45) is 0.733. The fourth-order valence-corrected chi connectivity index (χ4v) is 6.37. The molecule has 10 nitrogen and oxygen atoms in total. The third-order valence-corrected chi connectivity index (χ3v) is 7.98. The van der Waals surface area contributed by atoms with E-state index >= 15 is 0 Å². The van der Waals surface area contributed by atoms with E-state index < -0.39 is 64.4 Å². The van der Waals surface area contributed by atoms with Crippen molar-refractivity contribution >= 4 is 34.7 Å². The predicted octanol–water partition coefficient (Wildman–Crippen LogP) is -0.505. The molecule has 4 rings (SSSR count). The number of aryl methyl sites for hydroxylation is 1. The van der Waals surface area contributed by atoms with Crippen molar-refractivity contribution in [1.29, 1.82) is 0 Å². The molecule has 3 aliphatic rings. The van der Waals surface area contributed by atoms with Crippen LogP contribution in [0.2, 0.25) is 0 Å². The van der Waals surface area contributed by atoms with Crippen LogP contribution in [0.5, 0.6) is 5.75 Å². The number of ketones is 4. The van der Waals surface area contributed by atoms with Gasteiger partial charge in [0, 0.05) is 25.7 Å². The summed E-state index contributed by atoms with van der Waals surface area (Å²) in [5, 5.41) is 22.5. The first-order valence-electron chi connectivity index (χ1n) is 11.7. The maximum Gasteiger partial charge on any atom is 0.235 e. The van der Waals surface area contributed by atoms with Crippen LogP contribution in [0.25, 0.3) is 0 Å². The number of phenolic OH excluding ortho intramolecular Hbond substituents is 1. The van der Waals surface area contributed by atoms with Gasteiger partial charge in [0.1, 0.15) is 5.75 Å². The largest absolute Gasteiger partial charge is 0.507 e. The van der Waals surface area contributed by atoms with Crippen molar-refractivity contribution in [3.8, 4) is 5.75 Å². The van der Waals surface area contributed by atoms with Gasteiger partial charge in [-0.2, -0.15) is 0 Å². The normalized spacial score (nSPS) is 32.3. The number of amides is 1. The smallest absolute Gasteiger partial charge is 0.235 e. The van der Waals surface area contributed by atoms with Crippen molar-refractivity contribution in [2.75, 3.05) is 33.1 Å². The summed E-state index contributed by atoms with van der Waals surface area (Å²) in [4.78, 5) is 69.3. The highest BCUT2D eigenvalue weighted by Crippen LogP contribution is 2.52. The van der Waals surface area contributed by atoms with Gasteiger partial charge in [-0.1, -0.05) is 6.92 Å². The second kappa shape index (κ2) is 8.23. The summed E-state index contributed by atoms with van der Waals surface area (Å²) in [6, 6.07) is 0.706. The van der Waals surface area contributed by atoms with Crippen LogP contribution in [0.4, 0.5) is 5.69 Å². The van der Waals surface area contributed by atoms with Crippen molar-refractivity contribution in [2.45, 2.75) is 37.8 Å². The number of nitrogens with zero attached hydrogens (tertiary/aromatic N) is 2. The topological polar surface area (TPSA) is 158 Å². The number of benzene rings is 1. The van der Waals surface area contributed by atoms with Crippen molar-refractivity contribution < 1.29 is 34.2 Å². The molecule has 1 amide bonds. The zero-order chi connectivity index (χ0) is 26.1. The second-order valence-corrected chi connectivity index (χ2v) is 10.3. The molecule has 10 heteroatoms. The van der Waals surface area contributed by atoms with E-state index in [9.17, 15) is 34.2 Å². The zero-order valence-corrected chi connectivity index (χ0v) is 20.5. The molecule has 35 heavy (non-hydrogen) atoms. The van der Waals surface area contributed by atoms with Crippen LogP contribution in [0.15, 0.2) is 6.07 Å². The molecule has 1 aromatic rings. The van der Waals surface area contributed by atoms with E-state index in [1.807, 2.05) is 32.0 Å². The van der Waals surface area contributed by atoms with Gasteiger partial charge in [0.2, 0.25) is 5.91 Å². The number of likely N-dealkylation sites (N-methyl/N-ethyl adjacent to an activating group) is 1. The molecular weight excluding hydrogens is 454 g/mol. The Labute approximate surface area is 203 Å². The van der Waals surface area contributed by atoms with Gasteiger partial charge < -0.3 is 20.8 Å². The summed E-state index contributed by atoms with van der Waals surface area (Å²) in [5.74, 6) is -10.2. The van der Waals surface area contributed by atoms with Gasteiger partial charge in [-0.05, 0) is 56.5 Å². The Kier molecular flexibility index (Phi) is 5.88. The average molecular weight is 486 g/mol. The number of fused-ring (bicyclic) bond motifs is 3. The lowest BCUT2D eigenvalue weighted by Crippen LogP contribution is -2.74. The number of phenols is 1. The number of aliphatic hydroxyl groups is 1. The Morgan fingerprint density at radius 2 is 1.77 bits per heavy atom. The van der Waals surface area contributed by atoms with Crippen LogP contribution in [0.1, 0.15) is 34.8 Å². The third kappa shape index (κ3) is 3.26. The minimum absolute atomic E-state index is 0.0274. The minimum atomic E-state index is -2.71. The second-order valence-electron chi connectivity index (χ2n) is 10.3. The van der Waals surface area contributed by atoms with E-state index in [-0.39, 0.29) is 24.2 Å². The van der Waals surface area contributed by atoms with Gasteiger partial charge in [-0.25, -0.2) is 0 Å². The van der Waals surface area contributed by atoms with Gasteiger partial charge in [0.25, 0.3) is 0 Å². The van der Waals surface area contributed by atoms with Crippen molar-refractivity contribution in [1.82, 2.24) is 4.90 Å². The number of hydrogen-bond donors (Lipinski definition) is 3. The fraction of sp³-hybridized carbons (Fsp3) is 0.560. The molecule has 0 bridgehead atoms. The van der Waals surface area contributed by atoms with Crippen LogP contribution in [0, 0.1) is 23.7 Å². The Balaban J connectivity index is 1.91. The Morgan fingerprint density at radius 1 is 1.14 bits per heavy atom. The zero-order valence-electron chi connectivity index (χ0n) is 20.5. The first-order valence-corrected chi connectivity index (χ1v) is 11.7. The standard InChI is InChI=1S/C25H31N3O7/c1-6-10-9-14(27(2)3)12-7-11-8-13-18(28(4)5)21(31)17(24(26)34)23(33)25(13,35)22(32)15(11)20(30)16(12)19(10)29/h9,11,13,15,17-18,29,35H,6-8H2,1-5H3,(H2,26,34)/t11-,13-,15?,17?,18?,25-/m0/s1. The average Bonchev–Trinajstić information content (AvgIpc) is 2.75. The van der Waals surface area contributed by atoms with Gasteiger partial charge in [-0.3, -0.25) is 28.9 Å². The molecule has 3 unspecified atom stereocenters. The lowest BCUT2D eigenvalue weighted by Gasteiger charge is -2.52. The van der Waals surface area contributed by atoms with Crippen LogP contribution in [0.3, 0.4) is 0 Å². The van der Waals surface area contributed by atoms with Crippen LogP contribution in [-0.2, 0) is 32.0 Å². The quantitative estimate of drug-likeness (QED) is 0.478. The summed E-state index contributed by atoms with van der Waals surface area (Å²) < 4.78 is 0. The highest BCUT2D eigenvalue weighted by molar-refractivity contribution is 6.32.